The Balaban J connectivity index is 2.54. The molecule has 0 spiro atoms. The van der Waals surface area contributed by atoms with Crippen molar-refractivity contribution >= 4 is 11.8 Å². The highest BCUT2D eigenvalue weighted by Gasteiger charge is 2.21. The van der Waals surface area contributed by atoms with Crippen LogP contribution in [0.15, 0.2) is 0 Å². The van der Waals surface area contributed by atoms with Crippen LogP contribution in [0.1, 0.15) is 12.8 Å². The fourth-order valence-corrected chi connectivity index (χ4v) is 0.738. The predicted octanol–water partition coefficient (Wildman–Crippen LogP) is -0.127. The highest BCUT2D eigenvalue weighted by atomic mass is 16.2. The number of amides is 2. The van der Waals surface area contributed by atoms with Gasteiger partial charge in [-0.25, -0.2) is 0 Å². The molecule has 1 saturated heterocycles. The molecule has 0 aromatic rings. The fraction of sp³-hybridized carbons (Fsp3) is 0.500. The van der Waals surface area contributed by atoms with Crippen molar-refractivity contribution in [1.82, 2.24) is 5.32 Å². The fourth-order valence-electron chi connectivity index (χ4n) is 0.738. The molecule has 3 heteroatoms. The van der Waals surface area contributed by atoms with Gasteiger partial charge in [-0.15, -0.1) is 0 Å². The van der Waals surface area contributed by atoms with E-state index in [2.05, 4.69) is 12.2 Å². The Morgan fingerprint density at radius 2 is 2.22 bits per heavy atom. The molecule has 3 nitrogen and oxygen atoms in total. The molecular formula is C6H8NO2. The first-order chi connectivity index (χ1) is 4.20. The lowest BCUT2D eigenvalue weighted by Gasteiger charge is -2.15. The minimum absolute atomic E-state index is 0.181. The van der Waals surface area contributed by atoms with Gasteiger partial charge in [-0.05, 0) is 13.3 Å². The molecule has 1 atom stereocenters. The third-order valence-corrected chi connectivity index (χ3v) is 1.35. The Morgan fingerprint density at radius 1 is 1.56 bits per heavy atom. The summed E-state index contributed by atoms with van der Waals surface area (Å²) in [5, 5.41) is 2.19. The van der Waals surface area contributed by atoms with Crippen molar-refractivity contribution in [2.24, 2.45) is 5.92 Å². The lowest BCUT2D eigenvalue weighted by atomic mass is 10.0. The number of nitrogens with one attached hydrogen (secondary N) is 1. The second-order valence-corrected chi connectivity index (χ2v) is 2.15. The zero-order valence-corrected chi connectivity index (χ0v) is 5.02. The summed E-state index contributed by atoms with van der Waals surface area (Å²) in [4.78, 5) is 21.1. The molecule has 1 heterocycles. The van der Waals surface area contributed by atoms with Crippen LogP contribution in [-0.4, -0.2) is 11.8 Å². The third-order valence-electron chi connectivity index (χ3n) is 1.35. The predicted molar refractivity (Wildman–Crippen MR) is 31.2 cm³/mol. The standard InChI is InChI=1S/C6H8NO2/c1-4-2-3-5(8)7-6(4)9/h4H,1-3H2,(H,7,8,9). The van der Waals surface area contributed by atoms with E-state index >= 15 is 0 Å². The molecule has 9 heavy (non-hydrogen) atoms. The van der Waals surface area contributed by atoms with Crippen LogP contribution in [0, 0.1) is 12.8 Å². The molecule has 0 saturated carbocycles. The average Bonchev–Trinajstić information content (AvgIpc) is 1.80. The summed E-state index contributed by atoms with van der Waals surface area (Å²) in [6.07, 6.45) is 1.02. The van der Waals surface area contributed by atoms with E-state index in [0.29, 0.717) is 12.8 Å². The molecule has 0 aliphatic carbocycles. The Hall–Kier alpha value is -0.860. The summed E-state index contributed by atoms with van der Waals surface area (Å²) >= 11 is 0. The summed E-state index contributed by atoms with van der Waals surface area (Å²) in [5.74, 6) is -0.658. The van der Waals surface area contributed by atoms with Gasteiger partial charge in [0.05, 0.1) is 0 Å². The van der Waals surface area contributed by atoms with Gasteiger partial charge < -0.3 is 0 Å². The first-order valence-corrected chi connectivity index (χ1v) is 2.87. The van der Waals surface area contributed by atoms with E-state index in [1.807, 2.05) is 0 Å². The Kier molecular flexibility index (Phi) is 1.51. The maximum atomic E-state index is 10.6. The maximum Gasteiger partial charge on any atom is 0.229 e. The molecular weight excluding hydrogens is 118 g/mol. The van der Waals surface area contributed by atoms with Crippen LogP contribution in [0.25, 0.3) is 0 Å². The minimum Gasteiger partial charge on any atom is -0.296 e. The van der Waals surface area contributed by atoms with Gasteiger partial charge in [-0.3, -0.25) is 14.9 Å². The monoisotopic (exact) mass is 126 g/mol. The van der Waals surface area contributed by atoms with Crippen LogP contribution in [0.2, 0.25) is 0 Å². The van der Waals surface area contributed by atoms with Crippen molar-refractivity contribution in [2.45, 2.75) is 12.8 Å². The van der Waals surface area contributed by atoms with Gasteiger partial charge >= 0.3 is 0 Å². The molecule has 0 aromatic carbocycles. The van der Waals surface area contributed by atoms with Crippen molar-refractivity contribution in [1.29, 1.82) is 0 Å². The Bertz CT molecular complexity index is 153. The highest BCUT2D eigenvalue weighted by molar-refractivity contribution is 5.98. The number of carbonyl (C=O) groups is 2. The molecule has 1 fully saturated rings. The van der Waals surface area contributed by atoms with E-state index < -0.39 is 0 Å². The molecule has 1 aliphatic rings. The number of piperidine rings is 1. The first kappa shape index (κ1) is 6.26. The SMILES string of the molecule is [CH2]C1CCC(=O)NC1=O. The molecule has 0 aromatic heterocycles. The summed E-state index contributed by atoms with van der Waals surface area (Å²) in [6, 6.07) is 0. The first-order valence-electron chi connectivity index (χ1n) is 2.87. The van der Waals surface area contributed by atoms with Crippen molar-refractivity contribution in [3.63, 3.8) is 0 Å². The lowest BCUT2D eigenvalue weighted by Crippen LogP contribution is -2.39. The normalized spacial score (nSPS) is 27.9. The topological polar surface area (TPSA) is 46.2 Å². The molecule has 49 valence electrons. The number of rotatable bonds is 0. The number of hydrogen-bond acceptors (Lipinski definition) is 2. The molecule has 1 rings (SSSR count). The molecule has 2 amide bonds. The van der Waals surface area contributed by atoms with Crippen LogP contribution in [0.5, 0.6) is 0 Å². The minimum atomic E-state index is -0.244. The van der Waals surface area contributed by atoms with Gasteiger partial charge in [0.15, 0.2) is 0 Å². The quantitative estimate of drug-likeness (QED) is 0.460. The molecule has 0 bridgehead atoms. The Morgan fingerprint density at radius 3 is 2.67 bits per heavy atom. The summed E-state index contributed by atoms with van der Waals surface area (Å²) < 4.78 is 0. The van der Waals surface area contributed by atoms with Crippen molar-refractivity contribution < 1.29 is 9.59 Å². The van der Waals surface area contributed by atoms with Crippen LogP contribution in [0.3, 0.4) is 0 Å². The van der Waals surface area contributed by atoms with Crippen LogP contribution >= 0.6 is 0 Å². The van der Waals surface area contributed by atoms with E-state index in [-0.39, 0.29) is 17.7 Å². The number of imide groups is 1. The molecule has 1 N–H and O–H groups in total. The average molecular weight is 126 g/mol. The smallest absolute Gasteiger partial charge is 0.229 e. The number of carbonyl (C=O) groups excluding carboxylic acids is 2. The molecule has 1 unspecified atom stereocenters. The zero-order chi connectivity index (χ0) is 6.85. The van der Waals surface area contributed by atoms with Crippen LogP contribution < -0.4 is 5.32 Å². The number of hydrogen-bond donors (Lipinski definition) is 1. The maximum absolute atomic E-state index is 10.6. The van der Waals surface area contributed by atoms with Gasteiger partial charge in [-0.2, -0.15) is 0 Å². The summed E-state index contributed by atoms with van der Waals surface area (Å²) in [6.45, 7) is 3.55. The van der Waals surface area contributed by atoms with E-state index in [1.165, 1.54) is 0 Å². The van der Waals surface area contributed by atoms with E-state index in [4.69, 9.17) is 0 Å². The second-order valence-electron chi connectivity index (χ2n) is 2.15. The van der Waals surface area contributed by atoms with Crippen molar-refractivity contribution in [2.75, 3.05) is 0 Å². The van der Waals surface area contributed by atoms with E-state index in [0.717, 1.165) is 0 Å². The third kappa shape index (κ3) is 1.28. The summed E-state index contributed by atoms with van der Waals surface area (Å²) in [7, 11) is 0. The highest BCUT2D eigenvalue weighted by Crippen LogP contribution is 2.09. The van der Waals surface area contributed by atoms with Gasteiger partial charge in [0.2, 0.25) is 11.8 Å². The van der Waals surface area contributed by atoms with Crippen LogP contribution in [-0.2, 0) is 9.59 Å². The largest absolute Gasteiger partial charge is 0.296 e. The zero-order valence-electron chi connectivity index (χ0n) is 5.02. The van der Waals surface area contributed by atoms with Gasteiger partial charge in [0.25, 0.3) is 0 Å². The van der Waals surface area contributed by atoms with Gasteiger partial charge in [-0.1, -0.05) is 0 Å². The van der Waals surface area contributed by atoms with Gasteiger partial charge in [0.1, 0.15) is 0 Å². The summed E-state index contributed by atoms with van der Waals surface area (Å²) in [5.41, 5.74) is 0. The Labute approximate surface area is 53.4 Å². The second kappa shape index (κ2) is 2.17. The molecule has 1 aliphatic heterocycles. The van der Waals surface area contributed by atoms with E-state index in [9.17, 15) is 9.59 Å². The molecule has 1 radical (unpaired) electrons. The van der Waals surface area contributed by atoms with Crippen LogP contribution in [0.4, 0.5) is 0 Å². The van der Waals surface area contributed by atoms with E-state index in [1.54, 1.807) is 0 Å². The van der Waals surface area contributed by atoms with Crippen molar-refractivity contribution in [3.8, 4) is 0 Å². The van der Waals surface area contributed by atoms with Crippen molar-refractivity contribution in [3.05, 3.63) is 6.92 Å². The van der Waals surface area contributed by atoms with Gasteiger partial charge in [0, 0.05) is 12.3 Å². The lowest BCUT2D eigenvalue weighted by molar-refractivity contribution is -0.135.